The van der Waals surface area contributed by atoms with Gasteiger partial charge in [0.15, 0.2) is 15.7 Å². The van der Waals surface area contributed by atoms with Gasteiger partial charge in [-0.2, -0.15) is 0 Å². The Hall–Kier alpha value is -1.87. The van der Waals surface area contributed by atoms with Gasteiger partial charge in [-0.3, -0.25) is 28.8 Å². The first-order valence-electron chi connectivity index (χ1n) is 31.4. The minimum Gasteiger partial charge on any atom is -0.747 e. The summed E-state index contributed by atoms with van der Waals surface area (Å²) in [6.45, 7) is 24.8. The minimum absolute atomic E-state index is 0. The number of carbonyl (C=O) groups excluding carboxylic acids is 6. The molecule has 0 aliphatic heterocycles. The van der Waals surface area contributed by atoms with Gasteiger partial charge < -0.3 is 42.1 Å². The van der Waals surface area contributed by atoms with Crippen molar-refractivity contribution in [2.24, 2.45) is 35.5 Å². The van der Waals surface area contributed by atoms with E-state index < -0.39 is 101 Å². The van der Waals surface area contributed by atoms with Crippen molar-refractivity contribution in [3.8, 4) is 0 Å². The van der Waals surface area contributed by atoms with E-state index in [1.807, 2.05) is 41.5 Å². The summed E-state index contributed by atoms with van der Waals surface area (Å²) in [6.07, 6.45) is 19.7. The minimum atomic E-state index is -5.01. The predicted molar refractivity (Wildman–Crippen MR) is 320 cm³/mol. The van der Waals surface area contributed by atoms with E-state index in [0.29, 0.717) is 0 Å². The van der Waals surface area contributed by atoms with Gasteiger partial charge in [0.05, 0.1) is 58.9 Å². The molecule has 85 heavy (non-hydrogen) atoms. The van der Waals surface area contributed by atoms with Crippen LogP contribution in [-0.2, 0) is 87.5 Å². The van der Waals surface area contributed by atoms with Gasteiger partial charge in [-0.1, -0.05) is 199 Å². The normalized spacial score (nSPS) is 14.7. The van der Waals surface area contributed by atoms with Crippen LogP contribution >= 0.6 is 0 Å². The molecule has 0 amide bonds. The van der Waals surface area contributed by atoms with Crippen LogP contribution in [0.4, 0.5) is 0 Å². The predicted octanol–water partition coefficient (Wildman–Crippen LogP) is 11.4. The standard InChI is InChI=1S/3C20H38O7S.Eu/c3*1-5-9-11-16(7-3)14-26-19(21)13-18(28(23,24)25)20(22)27-15-17(8-4)12-10-6-2;/h3*16-18H,5-15H2,1-4H3,(H,23,24,25);/q;;;+3/p-3. The molecular formula is C60H111EuO21S3. The SMILES string of the molecule is CCCCC(CC)COC(=O)CC(C(=O)OCC(CC)CCCC)S(=O)(=O)[O-].CCCCC(CC)COC(=O)CC(C(=O)OCC(CC)CCCC)S(=O)(=O)[O-].CCCCC(CC)COC(=O)CC(C(=O)OCC(CC)CCCC)S(=O)(=O)[O-].[Eu+3]. The molecule has 25 heteroatoms. The fraction of sp³-hybridized carbons (Fsp3) is 0.900. The van der Waals surface area contributed by atoms with Gasteiger partial charge in [-0.05, 0) is 74.0 Å². The Morgan fingerprint density at radius 1 is 0.294 bits per heavy atom. The molecule has 0 aliphatic carbocycles. The van der Waals surface area contributed by atoms with Crippen LogP contribution in [0.1, 0.15) is 256 Å². The maximum atomic E-state index is 12.1. The molecule has 0 aromatic heterocycles. The zero-order valence-corrected chi connectivity index (χ0v) is 58.6. The number of rotatable bonds is 48. The van der Waals surface area contributed by atoms with Crippen molar-refractivity contribution in [3.05, 3.63) is 0 Å². The van der Waals surface area contributed by atoms with Crippen LogP contribution in [0, 0.1) is 84.9 Å². The quantitative estimate of drug-likeness (QED) is 0.0310. The fourth-order valence-electron chi connectivity index (χ4n) is 8.44. The van der Waals surface area contributed by atoms with Crippen LogP contribution in [0.25, 0.3) is 0 Å². The monoisotopic (exact) mass is 1420 g/mol. The van der Waals surface area contributed by atoms with Gasteiger partial charge in [0, 0.05) is 0 Å². The summed E-state index contributed by atoms with van der Waals surface area (Å²) in [5, 5.41) is -6.17. The molecule has 0 aromatic carbocycles. The second kappa shape index (κ2) is 53.9. The van der Waals surface area contributed by atoms with Crippen LogP contribution in [-0.4, -0.2) is 130 Å². The molecule has 0 radical (unpaired) electrons. The van der Waals surface area contributed by atoms with E-state index in [1.165, 1.54) is 0 Å². The molecule has 0 rings (SSSR count). The fourth-order valence-corrected chi connectivity index (χ4v) is 10.4. The van der Waals surface area contributed by atoms with E-state index in [4.69, 9.17) is 28.4 Å². The molecule has 0 spiro atoms. The van der Waals surface area contributed by atoms with Crippen molar-refractivity contribution < 1.29 is 145 Å². The average Bonchev–Trinajstić information content (AvgIpc) is 3.64. The molecule has 0 N–H and O–H groups in total. The third-order valence-electron chi connectivity index (χ3n) is 15.0. The maximum absolute atomic E-state index is 12.1. The Kier molecular flexibility index (Phi) is 56.8. The van der Waals surface area contributed by atoms with Gasteiger partial charge in [0.1, 0.15) is 30.4 Å². The Balaban J connectivity index is -0.000000576. The maximum Gasteiger partial charge on any atom is 3.00 e. The smallest absolute Gasteiger partial charge is 0.747 e. The van der Waals surface area contributed by atoms with E-state index in [2.05, 4.69) is 41.5 Å². The van der Waals surface area contributed by atoms with Crippen molar-refractivity contribution in [2.75, 3.05) is 39.6 Å². The van der Waals surface area contributed by atoms with E-state index >= 15 is 0 Å². The Morgan fingerprint density at radius 2 is 0.447 bits per heavy atom. The summed E-state index contributed by atoms with van der Waals surface area (Å²) >= 11 is 0. The molecule has 0 aromatic rings. The summed E-state index contributed by atoms with van der Waals surface area (Å²) in [5.41, 5.74) is 0. The molecule has 0 heterocycles. The van der Waals surface area contributed by atoms with Crippen LogP contribution in [0.15, 0.2) is 0 Å². The van der Waals surface area contributed by atoms with Crippen molar-refractivity contribution in [2.45, 2.75) is 272 Å². The zero-order chi connectivity index (χ0) is 64.7. The number of unbranched alkanes of at least 4 members (excludes halogenated alkanes) is 6. The van der Waals surface area contributed by atoms with Gasteiger partial charge in [0.25, 0.3) is 0 Å². The summed E-state index contributed by atoms with van der Waals surface area (Å²) in [7, 11) is -15.0. The number of hydrogen-bond acceptors (Lipinski definition) is 21. The molecule has 0 bridgehead atoms. The van der Waals surface area contributed by atoms with Gasteiger partial charge in [-0.25, -0.2) is 25.3 Å². The average molecular weight is 1420 g/mol. The van der Waals surface area contributed by atoms with Crippen molar-refractivity contribution in [1.82, 2.24) is 0 Å². The summed E-state index contributed by atoms with van der Waals surface area (Å²) in [4.78, 5) is 72.4. The first-order valence-corrected chi connectivity index (χ1v) is 35.8. The van der Waals surface area contributed by atoms with Crippen molar-refractivity contribution >= 4 is 66.2 Å². The summed E-state index contributed by atoms with van der Waals surface area (Å²) in [6, 6.07) is 0. The second-order valence-electron chi connectivity index (χ2n) is 22.0. The van der Waals surface area contributed by atoms with Gasteiger partial charge in [0.2, 0.25) is 0 Å². The molecule has 0 fully saturated rings. The molecule has 21 nitrogen and oxygen atoms in total. The van der Waals surface area contributed by atoms with E-state index in [0.717, 1.165) is 154 Å². The third kappa shape index (κ3) is 46.8. The zero-order valence-electron chi connectivity index (χ0n) is 53.7. The van der Waals surface area contributed by atoms with Gasteiger partial charge >= 0.3 is 85.2 Å². The largest absolute Gasteiger partial charge is 3.00 e. The van der Waals surface area contributed by atoms with Crippen molar-refractivity contribution in [3.63, 3.8) is 0 Å². The van der Waals surface area contributed by atoms with Crippen LogP contribution in [0.5, 0.6) is 0 Å². The topological polar surface area (TPSA) is 329 Å². The number of carbonyl (C=O) groups is 6. The number of ether oxygens (including phenoxy) is 6. The molecule has 502 valence electrons. The van der Waals surface area contributed by atoms with E-state index in [-0.39, 0.29) is 125 Å². The molecule has 9 atom stereocenters. The van der Waals surface area contributed by atoms with Crippen molar-refractivity contribution in [1.29, 1.82) is 0 Å². The Morgan fingerprint density at radius 3 is 0.576 bits per heavy atom. The van der Waals surface area contributed by atoms with Crippen LogP contribution in [0.3, 0.4) is 0 Å². The Labute approximate surface area is 554 Å². The van der Waals surface area contributed by atoms with Crippen LogP contribution in [0.2, 0.25) is 0 Å². The summed E-state index contributed by atoms with van der Waals surface area (Å²) in [5.74, 6) is -5.23. The molecule has 0 aliphatic rings. The first kappa shape index (κ1) is 89.6. The second-order valence-corrected chi connectivity index (χ2v) is 26.7. The van der Waals surface area contributed by atoms with Gasteiger partial charge in [-0.15, -0.1) is 0 Å². The molecule has 0 saturated carbocycles. The molecular weight excluding hydrogens is 1300 g/mol. The third-order valence-corrected chi connectivity index (χ3v) is 18.1. The molecule has 9 unspecified atom stereocenters. The summed E-state index contributed by atoms with van der Waals surface area (Å²) < 4.78 is 134. The number of esters is 6. The molecule has 0 saturated heterocycles. The van der Waals surface area contributed by atoms with E-state index in [9.17, 15) is 67.7 Å². The first-order chi connectivity index (χ1) is 39.6. The number of hydrogen-bond donors (Lipinski definition) is 0. The Bertz CT molecular complexity index is 1880. The van der Waals surface area contributed by atoms with Crippen LogP contribution < -0.4 is 0 Å². The van der Waals surface area contributed by atoms with E-state index in [1.54, 1.807) is 0 Å².